The summed E-state index contributed by atoms with van der Waals surface area (Å²) in [4.78, 5) is 13.5. The minimum atomic E-state index is -0.639. The van der Waals surface area contributed by atoms with Gasteiger partial charge in [-0.25, -0.2) is 0 Å². The molecule has 0 aliphatic heterocycles. The normalized spacial score (nSPS) is 12.6. The van der Waals surface area contributed by atoms with Gasteiger partial charge < -0.3 is 19.8 Å². The van der Waals surface area contributed by atoms with E-state index in [1.807, 2.05) is 30.3 Å². The van der Waals surface area contributed by atoms with Crippen LogP contribution in [0.3, 0.4) is 0 Å². The number of methoxy groups -OCH3 is 1. The molecule has 102 valence electrons. The first kappa shape index (κ1) is 13.6. The van der Waals surface area contributed by atoms with E-state index in [2.05, 4.69) is 0 Å². The van der Waals surface area contributed by atoms with Crippen molar-refractivity contribution in [2.75, 3.05) is 20.8 Å². The molecule has 2 N–H and O–H groups in total. The van der Waals surface area contributed by atoms with E-state index in [-0.39, 0.29) is 12.5 Å². The van der Waals surface area contributed by atoms with E-state index < -0.39 is 6.04 Å². The summed E-state index contributed by atoms with van der Waals surface area (Å²) in [6.45, 7) is 0.605. The number of carbonyl (C=O) groups excluding carboxylic acids is 1. The molecule has 2 rings (SSSR count). The lowest BCUT2D eigenvalue weighted by molar-refractivity contribution is -0.133. The zero-order valence-corrected chi connectivity index (χ0v) is 11.1. The molecule has 0 aliphatic rings. The van der Waals surface area contributed by atoms with Gasteiger partial charge in [-0.2, -0.15) is 0 Å². The highest BCUT2D eigenvalue weighted by molar-refractivity contribution is 5.82. The summed E-state index contributed by atoms with van der Waals surface area (Å²) in [5.74, 6) is 0.573. The van der Waals surface area contributed by atoms with E-state index in [4.69, 9.17) is 14.9 Å². The molecule has 0 aliphatic carbocycles. The molecule has 0 radical (unpaired) electrons. The Hall–Kier alpha value is -1.85. The number of fused-ring (bicyclic) bond motifs is 1. The van der Waals surface area contributed by atoms with Crippen LogP contribution in [-0.2, 0) is 16.1 Å². The predicted molar refractivity (Wildman–Crippen MR) is 72.5 cm³/mol. The third-order valence-electron chi connectivity index (χ3n) is 2.91. The molecule has 2 aromatic rings. The van der Waals surface area contributed by atoms with Gasteiger partial charge in [0, 0.05) is 19.5 Å². The second-order valence-electron chi connectivity index (χ2n) is 4.51. The fourth-order valence-corrected chi connectivity index (χ4v) is 1.96. The standard InChI is InChI=1S/C14H18N2O3/c1-16(14(17)12(15)9-18-2)8-11-7-10-5-3-4-6-13(10)19-11/h3-7,12H,8-9,15H2,1-2H3. The summed E-state index contributed by atoms with van der Waals surface area (Å²) in [5.41, 5.74) is 6.53. The molecule has 5 heteroatoms. The predicted octanol–water partition coefficient (Wildman–Crippen LogP) is 1.36. The second kappa shape index (κ2) is 5.86. The molecule has 0 fully saturated rings. The molecule has 0 spiro atoms. The Morgan fingerprint density at radius 1 is 1.47 bits per heavy atom. The van der Waals surface area contributed by atoms with Crippen molar-refractivity contribution in [1.82, 2.24) is 4.90 Å². The Morgan fingerprint density at radius 3 is 2.89 bits per heavy atom. The van der Waals surface area contributed by atoms with E-state index in [9.17, 15) is 4.79 Å². The first-order valence-electron chi connectivity index (χ1n) is 6.08. The highest BCUT2D eigenvalue weighted by Gasteiger charge is 2.19. The van der Waals surface area contributed by atoms with Crippen LogP contribution in [0.5, 0.6) is 0 Å². The van der Waals surface area contributed by atoms with Crippen molar-refractivity contribution in [2.24, 2.45) is 5.73 Å². The topological polar surface area (TPSA) is 68.7 Å². The number of ether oxygens (including phenoxy) is 1. The third-order valence-corrected chi connectivity index (χ3v) is 2.91. The number of carbonyl (C=O) groups is 1. The summed E-state index contributed by atoms with van der Waals surface area (Å²) >= 11 is 0. The van der Waals surface area contributed by atoms with Crippen LogP contribution in [0.1, 0.15) is 5.76 Å². The molecule has 1 atom stereocenters. The van der Waals surface area contributed by atoms with Crippen LogP contribution in [0, 0.1) is 0 Å². The molecule has 1 unspecified atom stereocenters. The van der Waals surface area contributed by atoms with E-state index >= 15 is 0 Å². The Bertz CT molecular complexity index is 532. The highest BCUT2D eigenvalue weighted by atomic mass is 16.5. The molecular formula is C14H18N2O3. The monoisotopic (exact) mass is 262 g/mol. The van der Waals surface area contributed by atoms with Crippen molar-refractivity contribution in [1.29, 1.82) is 0 Å². The molecule has 1 aromatic heterocycles. The van der Waals surface area contributed by atoms with Gasteiger partial charge in [-0.1, -0.05) is 18.2 Å². The van der Waals surface area contributed by atoms with Crippen molar-refractivity contribution in [2.45, 2.75) is 12.6 Å². The summed E-state index contributed by atoms with van der Waals surface area (Å²) in [5, 5.41) is 1.03. The highest BCUT2D eigenvalue weighted by Crippen LogP contribution is 2.19. The molecule has 1 amide bonds. The van der Waals surface area contributed by atoms with Crippen LogP contribution in [0.4, 0.5) is 0 Å². The van der Waals surface area contributed by atoms with Crippen LogP contribution >= 0.6 is 0 Å². The lowest BCUT2D eigenvalue weighted by Gasteiger charge is -2.19. The number of nitrogens with two attached hydrogens (primary N) is 1. The Labute approximate surface area is 111 Å². The quantitative estimate of drug-likeness (QED) is 0.883. The number of hydrogen-bond donors (Lipinski definition) is 1. The van der Waals surface area contributed by atoms with Crippen molar-refractivity contribution in [3.8, 4) is 0 Å². The lowest BCUT2D eigenvalue weighted by atomic mass is 10.2. The molecule has 5 nitrogen and oxygen atoms in total. The van der Waals surface area contributed by atoms with Crippen LogP contribution < -0.4 is 5.73 Å². The van der Waals surface area contributed by atoms with Gasteiger partial charge >= 0.3 is 0 Å². The lowest BCUT2D eigenvalue weighted by Crippen LogP contribution is -2.44. The summed E-state index contributed by atoms with van der Waals surface area (Å²) in [7, 11) is 3.22. The number of rotatable bonds is 5. The average molecular weight is 262 g/mol. The first-order chi connectivity index (χ1) is 9.11. The first-order valence-corrected chi connectivity index (χ1v) is 6.08. The van der Waals surface area contributed by atoms with Gasteiger partial charge in [0.15, 0.2) is 0 Å². The Kier molecular flexibility index (Phi) is 4.19. The number of para-hydroxylation sites is 1. The molecule has 1 aromatic carbocycles. The summed E-state index contributed by atoms with van der Waals surface area (Å²) in [6.07, 6.45) is 0. The minimum Gasteiger partial charge on any atom is -0.459 e. The molecule has 0 saturated carbocycles. The molecular weight excluding hydrogens is 244 g/mol. The zero-order chi connectivity index (χ0) is 13.8. The number of furan rings is 1. The van der Waals surface area contributed by atoms with Crippen LogP contribution in [0.25, 0.3) is 11.0 Å². The number of hydrogen-bond acceptors (Lipinski definition) is 4. The molecule has 0 saturated heterocycles. The Morgan fingerprint density at radius 2 is 2.21 bits per heavy atom. The van der Waals surface area contributed by atoms with E-state index in [1.54, 1.807) is 11.9 Å². The minimum absolute atomic E-state index is 0.165. The third kappa shape index (κ3) is 3.13. The van der Waals surface area contributed by atoms with Gasteiger partial charge in [0.2, 0.25) is 5.91 Å². The van der Waals surface area contributed by atoms with Gasteiger partial charge in [-0.05, 0) is 12.1 Å². The smallest absolute Gasteiger partial charge is 0.242 e. The van der Waals surface area contributed by atoms with E-state index in [1.165, 1.54) is 7.11 Å². The van der Waals surface area contributed by atoms with Crippen LogP contribution in [0.2, 0.25) is 0 Å². The molecule has 0 bridgehead atoms. The van der Waals surface area contributed by atoms with Crippen molar-refractivity contribution < 1.29 is 13.9 Å². The van der Waals surface area contributed by atoms with Crippen molar-refractivity contribution in [3.63, 3.8) is 0 Å². The maximum Gasteiger partial charge on any atom is 0.242 e. The molecule has 1 heterocycles. The van der Waals surface area contributed by atoms with Crippen LogP contribution in [-0.4, -0.2) is 37.6 Å². The van der Waals surface area contributed by atoms with Gasteiger partial charge in [-0.3, -0.25) is 4.79 Å². The van der Waals surface area contributed by atoms with Crippen LogP contribution in [0.15, 0.2) is 34.7 Å². The Balaban J connectivity index is 2.05. The maximum absolute atomic E-state index is 11.9. The van der Waals surface area contributed by atoms with Gasteiger partial charge in [0.25, 0.3) is 0 Å². The summed E-state index contributed by atoms with van der Waals surface area (Å²) < 4.78 is 10.5. The van der Waals surface area contributed by atoms with Gasteiger partial charge in [0.1, 0.15) is 17.4 Å². The number of benzene rings is 1. The van der Waals surface area contributed by atoms with Gasteiger partial charge in [-0.15, -0.1) is 0 Å². The van der Waals surface area contributed by atoms with Gasteiger partial charge in [0.05, 0.1) is 13.2 Å². The number of nitrogens with zero attached hydrogens (tertiary/aromatic N) is 1. The van der Waals surface area contributed by atoms with Crippen molar-refractivity contribution in [3.05, 3.63) is 36.1 Å². The maximum atomic E-state index is 11.9. The summed E-state index contributed by atoms with van der Waals surface area (Å²) in [6, 6.07) is 9.03. The SMILES string of the molecule is COCC(N)C(=O)N(C)Cc1cc2ccccc2o1. The second-order valence-corrected chi connectivity index (χ2v) is 4.51. The fraction of sp³-hybridized carbons (Fsp3) is 0.357. The van der Waals surface area contributed by atoms with Crippen molar-refractivity contribution >= 4 is 16.9 Å². The molecule has 19 heavy (non-hydrogen) atoms. The number of amides is 1. The fourth-order valence-electron chi connectivity index (χ4n) is 1.96. The largest absolute Gasteiger partial charge is 0.459 e. The van der Waals surface area contributed by atoms with E-state index in [0.717, 1.165) is 16.7 Å². The number of likely N-dealkylation sites (N-methyl/N-ethyl adjacent to an activating group) is 1. The zero-order valence-electron chi connectivity index (χ0n) is 11.1. The average Bonchev–Trinajstić information content (AvgIpc) is 2.80. The van der Waals surface area contributed by atoms with E-state index in [0.29, 0.717) is 6.54 Å².